The van der Waals surface area contributed by atoms with Crippen LogP contribution in [-0.2, 0) is 16.3 Å². The number of sulfone groups is 1. The van der Waals surface area contributed by atoms with Gasteiger partial charge in [-0.15, -0.1) is 0 Å². The first-order valence-corrected chi connectivity index (χ1v) is 10.2. The van der Waals surface area contributed by atoms with Gasteiger partial charge >= 0.3 is 6.03 Å². The molecule has 126 valence electrons. The summed E-state index contributed by atoms with van der Waals surface area (Å²) >= 11 is 0. The highest BCUT2D eigenvalue weighted by Gasteiger charge is 2.32. The first-order valence-electron chi connectivity index (χ1n) is 8.35. The van der Waals surface area contributed by atoms with Crippen molar-refractivity contribution in [1.29, 1.82) is 0 Å². The van der Waals surface area contributed by atoms with Crippen LogP contribution in [0.5, 0.6) is 0 Å². The molecular weight excluding hydrogens is 312 g/mol. The van der Waals surface area contributed by atoms with Gasteiger partial charge in [0.2, 0.25) is 0 Å². The summed E-state index contributed by atoms with van der Waals surface area (Å²) in [4.78, 5) is 14.5. The lowest BCUT2D eigenvalue weighted by molar-refractivity contribution is 0.148. The molecule has 3 rings (SSSR count). The van der Waals surface area contributed by atoms with Gasteiger partial charge in [-0.1, -0.05) is 30.3 Å². The molecule has 1 N–H and O–H groups in total. The molecule has 0 bridgehead atoms. The molecule has 0 aliphatic carbocycles. The maximum Gasteiger partial charge on any atom is 0.317 e. The van der Waals surface area contributed by atoms with E-state index in [2.05, 4.69) is 17.4 Å². The van der Waals surface area contributed by atoms with E-state index >= 15 is 0 Å². The Morgan fingerprint density at radius 2 is 1.96 bits per heavy atom. The summed E-state index contributed by atoms with van der Waals surface area (Å²) in [5, 5.41) is 2.93. The van der Waals surface area contributed by atoms with Gasteiger partial charge in [0.05, 0.1) is 11.5 Å². The number of amides is 2. The number of nitrogens with zero attached hydrogens (tertiary/aromatic N) is 1. The largest absolute Gasteiger partial charge is 0.334 e. The van der Waals surface area contributed by atoms with E-state index in [0.29, 0.717) is 6.42 Å². The highest BCUT2D eigenvalue weighted by atomic mass is 32.2. The number of likely N-dealkylation sites (tertiary alicyclic amines) is 1. The fourth-order valence-electron chi connectivity index (χ4n) is 3.53. The Hall–Kier alpha value is -1.56. The molecule has 2 aliphatic heterocycles. The van der Waals surface area contributed by atoms with Gasteiger partial charge < -0.3 is 10.2 Å². The Labute approximate surface area is 138 Å². The fraction of sp³-hybridized carbons (Fsp3) is 0.588. The first-order chi connectivity index (χ1) is 11.0. The molecule has 6 heteroatoms. The van der Waals surface area contributed by atoms with E-state index in [4.69, 9.17) is 0 Å². The summed E-state index contributed by atoms with van der Waals surface area (Å²) in [6.45, 7) is 0.753. The van der Waals surface area contributed by atoms with Gasteiger partial charge in [0.25, 0.3) is 0 Å². The minimum Gasteiger partial charge on any atom is -0.334 e. The minimum atomic E-state index is -2.97. The van der Waals surface area contributed by atoms with Crippen LogP contribution in [0, 0.1) is 0 Å². The van der Waals surface area contributed by atoms with Crippen molar-refractivity contribution >= 4 is 15.9 Å². The maximum atomic E-state index is 12.6. The van der Waals surface area contributed by atoms with Crippen LogP contribution in [0.1, 0.15) is 31.2 Å². The normalized spacial score (nSPS) is 26.9. The summed E-state index contributed by atoms with van der Waals surface area (Å²) in [6, 6.07) is 10.1. The maximum absolute atomic E-state index is 12.6. The van der Waals surface area contributed by atoms with E-state index in [1.54, 1.807) is 0 Å². The van der Waals surface area contributed by atoms with E-state index in [1.165, 1.54) is 5.56 Å². The zero-order chi connectivity index (χ0) is 16.3. The number of piperidine rings is 1. The zero-order valence-corrected chi connectivity index (χ0v) is 14.1. The van der Waals surface area contributed by atoms with Crippen LogP contribution < -0.4 is 5.32 Å². The standard InChI is InChI=1S/C17H24N2O3S/c20-17(18-15-9-11-23(21,22)13-15)19-10-5-4-8-16(19)12-14-6-2-1-3-7-14/h1-3,6-7,15-16H,4-5,8-13H2,(H,18,20)/t15-,16-/m0/s1. The molecule has 0 spiro atoms. The third-order valence-corrected chi connectivity index (χ3v) is 6.53. The average molecular weight is 336 g/mol. The van der Waals surface area contributed by atoms with Crippen molar-refractivity contribution in [3.63, 3.8) is 0 Å². The predicted molar refractivity (Wildman–Crippen MR) is 90.1 cm³/mol. The Kier molecular flexibility index (Phi) is 4.90. The number of rotatable bonds is 3. The van der Waals surface area contributed by atoms with Crippen LogP contribution in [-0.4, -0.2) is 49.5 Å². The molecule has 0 aromatic heterocycles. The first kappa shape index (κ1) is 16.3. The van der Waals surface area contributed by atoms with Gasteiger partial charge in [-0.25, -0.2) is 13.2 Å². The molecule has 1 aromatic rings. The molecule has 0 unspecified atom stereocenters. The van der Waals surface area contributed by atoms with Gasteiger partial charge in [0.1, 0.15) is 0 Å². The highest BCUT2D eigenvalue weighted by Crippen LogP contribution is 2.21. The molecule has 2 amide bonds. The second-order valence-electron chi connectivity index (χ2n) is 6.58. The number of benzene rings is 1. The number of nitrogens with one attached hydrogen (secondary N) is 1. The number of carbonyl (C=O) groups is 1. The van der Waals surface area contributed by atoms with Crippen LogP contribution in [0.25, 0.3) is 0 Å². The summed E-state index contributed by atoms with van der Waals surface area (Å²) in [5.74, 6) is 0.265. The lowest BCUT2D eigenvalue weighted by Gasteiger charge is -2.36. The summed E-state index contributed by atoms with van der Waals surface area (Å²) in [7, 11) is -2.97. The van der Waals surface area contributed by atoms with Gasteiger partial charge in [-0.2, -0.15) is 0 Å². The van der Waals surface area contributed by atoms with Crippen molar-refractivity contribution < 1.29 is 13.2 Å². The minimum absolute atomic E-state index is 0.0793. The average Bonchev–Trinajstić information content (AvgIpc) is 2.87. The smallest absolute Gasteiger partial charge is 0.317 e. The Bertz CT molecular complexity index is 645. The van der Waals surface area contributed by atoms with Gasteiger partial charge in [-0.3, -0.25) is 0 Å². The lowest BCUT2D eigenvalue weighted by atomic mass is 9.96. The molecule has 2 heterocycles. The molecule has 2 aliphatic rings. The van der Waals surface area contributed by atoms with Crippen molar-refractivity contribution in [1.82, 2.24) is 10.2 Å². The van der Waals surface area contributed by atoms with Crippen molar-refractivity contribution in [3.05, 3.63) is 35.9 Å². The summed E-state index contributed by atoms with van der Waals surface area (Å²) in [5.41, 5.74) is 1.24. The quantitative estimate of drug-likeness (QED) is 0.918. The molecule has 0 radical (unpaired) electrons. The van der Waals surface area contributed by atoms with E-state index in [0.717, 1.165) is 32.2 Å². The molecule has 23 heavy (non-hydrogen) atoms. The van der Waals surface area contributed by atoms with Crippen LogP contribution in [0.4, 0.5) is 4.79 Å². The molecule has 1 aromatic carbocycles. The van der Waals surface area contributed by atoms with E-state index in [1.807, 2.05) is 23.1 Å². The lowest BCUT2D eigenvalue weighted by Crippen LogP contribution is -2.52. The molecule has 2 saturated heterocycles. The SMILES string of the molecule is O=C(N[C@H]1CCS(=O)(=O)C1)N1CCCC[C@H]1Cc1ccccc1. The number of hydrogen-bond acceptors (Lipinski definition) is 3. The fourth-order valence-corrected chi connectivity index (χ4v) is 5.21. The second-order valence-corrected chi connectivity index (χ2v) is 8.81. The predicted octanol–water partition coefficient (Wildman–Crippen LogP) is 1.98. The van der Waals surface area contributed by atoms with E-state index in [-0.39, 0.29) is 29.6 Å². The van der Waals surface area contributed by atoms with Crippen LogP contribution in [0.2, 0.25) is 0 Å². The number of hydrogen-bond donors (Lipinski definition) is 1. The van der Waals surface area contributed by atoms with Gasteiger partial charge in [0, 0.05) is 18.6 Å². The highest BCUT2D eigenvalue weighted by molar-refractivity contribution is 7.91. The zero-order valence-electron chi connectivity index (χ0n) is 13.3. The van der Waals surface area contributed by atoms with Crippen LogP contribution >= 0.6 is 0 Å². The molecule has 2 fully saturated rings. The molecular formula is C17H24N2O3S. The van der Waals surface area contributed by atoms with Crippen molar-refractivity contribution in [3.8, 4) is 0 Å². The summed E-state index contributed by atoms with van der Waals surface area (Å²) in [6.07, 6.45) is 4.55. The van der Waals surface area contributed by atoms with Gasteiger partial charge in [-0.05, 0) is 37.7 Å². The van der Waals surface area contributed by atoms with Crippen LogP contribution in [0.3, 0.4) is 0 Å². The number of urea groups is 1. The van der Waals surface area contributed by atoms with E-state index in [9.17, 15) is 13.2 Å². The Morgan fingerprint density at radius 3 is 2.65 bits per heavy atom. The Balaban J connectivity index is 1.62. The number of carbonyl (C=O) groups excluding carboxylic acids is 1. The van der Waals surface area contributed by atoms with Crippen LogP contribution in [0.15, 0.2) is 30.3 Å². The topological polar surface area (TPSA) is 66.5 Å². The third kappa shape index (κ3) is 4.25. The summed E-state index contributed by atoms with van der Waals surface area (Å²) < 4.78 is 23.1. The molecule has 5 nitrogen and oxygen atoms in total. The monoisotopic (exact) mass is 336 g/mol. The van der Waals surface area contributed by atoms with Crippen molar-refractivity contribution in [2.45, 2.75) is 44.2 Å². The van der Waals surface area contributed by atoms with Crippen molar-refractivity contribution in [2.75, 3.05) is 18.1 Å². The second kappa shape index (κ2) is 6.91. The van der Waals surface area contributed by atoms with Crippen molar-refractivity contribution in [2.24, 2.45) is 0 Å². The van der Waals surface area contributed by atoms with E-state index < -0.39 is 9.84 Å². The van der Waals surface area contributed by atoms with Gasteiger partial charge in [0.15, 0.2) is 9.84 Å². The Morgan fingerprint density at radius 1 is 1.17 bits per heavy atom. The molecule has 0 saturated carbocycles. The molecule has 2 atom stereocenters. The third-order valence-electron chi connectivity index (χ3n) is 4.76.